The molecule has 8 atom stereocenters. The van der Waals surface area contributed by atoms with E-state index in [0.717, 1.165) is 29.6 Å². The minimum Gasteiger partial charge on any atom is -0.327 e. The number of fused-ring (bicyclic) bond motifs is 5. The summed E-state index contributed by atoms with van der Waals surface area (Å²) in [4.78, 5) is 0. The molecule has 0 amide bonds. The summed E-state index contributed by atoms with van der Waals surface area (Å²) in [5, 5.41) is 0. The van der Waals surface area contributed by atoms with Crippen molar-refractivity contribution in [3.8, 4) is 0 Å². The smallest absolute Gasteiger partial charge is 0.00957 e. The molecule has 2 N–H and O–H groups in total. The van der Waals surface area contributed by atoms with Crippen molar-refractivity contribution in [1.82, 2.24) is 0 Å². The number of hydrogen-bond acceptors (Lipinski definition) is 1. The number of unbranched alkanes of at least 4 members (excludes halogenated alkanes) is 2. The first-order chi connectivity index (χ1) is 12.0. The van der Waals surface area contributed by atoms with Crippen LogP contribution in [0.3, 0.4) is 0 Å². The van der Waals surface area contributed by atoms with E-state index in [0.29, 0.717) is 16.9 Å². The zero-order valence-electron chi connectivity index (χ0n) is 17.2. The Morgan fingerprint density at radius 1 is 0.880 bits per heavy atom. The third kappa shape index (κ3) is 2.74. The van der Waals surface area contributed by atoms with Gasteiger partial charge in [-0.2, -0.15) is 0 Å². The minimum absolute atomic E-state index is 0.469. The van der Waals surface area contributed by atoms with Crippen LogP contribution < -0.4 is 5.73 Å². The average Bonchev–Trinajstić information content (AvgIpc) is 2.91. The van der Waals surface area contributed by atoms with E-state index >= 15 is 0 Å². The predicted molar refractivity (Wildman–Crippen MR) is 107 cm³/mol. The summed E-state index contributed by atoms with van der Waals surface area (Å²) in [5.41, 5.74) is 7.74. The summed E-state index contributed by atoms with van der Waals surface area (Å²) < 4.78 is 0. The maximum atomic E-state index is 6.62. The normalized spacial score (nSPS) is 52.3. The van der Waals surface area contributed by atoms with Crippen molar-refractivity contribution in [3.05, 3.63) is 0 Å². The Hall–Kier alpha value is -0.0400. The summed E-state index contributed by atoms with van der Waals surface area (Å²) >= 11 is 0. The average molecular weight is 346 g/mol. The molecule has 144 valence electrons. The molecule has 25 heavy (non-hydrogen) atoms. The largest absolute Gasteiger partial charge is 0.327 e. The second-order valence-electron chi connectivity index (χ2n) is 10.9. The fourth-order valence-corrected chi connectivity index (χ4v) is 8.62. The maximum absolute atomic E-state index is 6.62. The molecule has 1 unspecified atom stereocenters. The van der Waals surface area contributed by atoms with Crippen LogP contribution in [0.15, 0.2) is 0 Å². The first-order valence-electron chi connectivity index (χ1n) is 11.8. The van der Waals surface area contributed by atoms with Gasteiger partial charge in [-0.1, -0.05) is 46.5 Å². The van der Waals surface area contributed by atoms with Gasteiger partial charge in [0.25, 0.3) is 0 Å². The summed E-state index contributed by atoms with van der Waals surface area (Å²) in [7, 11) is 0. The highest BCUT2D eigenvalue weighted by Gasteiger charge is 2.60. The van der Waals surface area contributed by atoms with Crippen molar-refractivity contribution in [1.29, 1.82) is 0 Å². The lowest BCUT2D eigenvalue weighted by molar-refractivity contribution is -0.135. The highest BCUT2D eigenvalue weighted by molar-refractivity contribution is 5.11. The fourth-order valence-electron chi connectivity index (χ4n) is 8.62. The van der Waals surface area contributed by atoms with Crippen LogP contribution in [0.2, 0.25) is 0 Å². The number of nitrogens with two attached hydrogens (primary N) is 1. The second-order valence-corrected chi connectivity index (χ2v) is 10.9. The third-order valence-electron chi connectivity index (χ3n) is 10.2. The van der Waals surface area contributed by atoms with Crippen LogP contribution in [0.1, 0.15) is 104 Å². The number of hydrogen-bond donors (Lipinski definition) is 1. The standard InChI is InChI=1S/C24H43N/c1-4-5-6-8-17-9-7-10-18-11-12-19-20-13-14-22(25)23(20,2)16-15-21(19)24(17,18)3/h17-22H,4-16,25H2,1-3H3/t17?,18-,19+,20+,21+,22+,23+,24+/m1/s1. The van der Waals surface area contributed by atoms with Crippen LogP contribution in [0.5, 0.6) is 0 Å². The maximum Gasteiger partial charge on any atom is 0.00957 e. The van der Waals surface area contributed by atoms with E-state index in [9.17, 15) is 0 Å². The van der Waals surface area contributed by atoms with E-state index in [4.69, 9.17) is 5.73 Å². The Morgan fingerprint density at radius 3 is 2.52 bits per heavy atom. The summed E-state index contributed by atoms with van der Waals surface area (Å²) in [6, 6.07) is 0.482. The van der Waals surface area contributed by atoms with Gasteiger partial charge in [-0.15, -0.1) is 0 Å². The van der Waals surface area contributed by atoms with E-state index < -0.39 is 0 Å². The molecular weight excluding hydrogens is 302 g/mol. The molecule has 0 radical (unpaired) electrons. The van der Waals surface area contributed by atoms with Crippen molar-refractivity contribution in [3.63, 3.8) is 0 Å². The molecule has 4 aliphatic carbocycles. The van der Waals surface area contributed by atoms with Gasteiger partial charge in [0, 0.05) is 6.04 Å². The zero-order valence-corrected chi connectivity index (χ0v) is 17.2. The molecule has 1 nitrogen and oxygen atoms in total. The molecule has 0 aromatic rings. The summed E-state index contributed by atoms with van der Waals surface area (Å²) in [6.45, 7) is 7.68. The summed E-state index contributed by atoms with van der Waals surface area (Å²) in [5.74, 6) is 5.01. The molecule has 0 bridgehead atoms. The molecule has 0 heterocycles. The predicted octanol–water partition coefficient (Wildman–Crippen LogP) is 6.55. The Bertz CT molecular complexity index is 473. The van der Waals surface area contributed by atoms with Crippen LogP contribution in [-0.2, 0) is 0 Å². The van der Waals surface area contributed by atoms with E-state index in [1.165, 1.54) is 83.5 Å². The number of rotatable bonds is 4. The molecule has 4 aliphatic rings. The molecule has 0 saturated heterocycles. The van der Waals surface area contributed by atoms with Gasteiger partial charge in [-0.25, -0.2) is 0 Å². The Balaban J connectivity index is 1.58. The molecular formula is C24H43N. The van der Waals surface area contributed by atoms with Gasteiger partial charge in [-0.3, -0.25) is 0 Å². The van der Waals surface area contributed by atoms with Crippen molar-refractivity contribution in [2.45, 2.75) is 110 Å². The van der Waals surface area contributed by atoms with Crippen molar-refractivity contribution >= 4 is 0 Å². The quantitative estimate of drug-likeness (QED) is 0.574. The van der Waals surface area contributed by atoms with Crippen molar-refractivity contribution in [2.75, 3.05) is 0 Å². The fraction of sp³-hybridized carbons (Fsp3) is 1.00. The molecule has 4 saturated carbocycles. The molecule has 0 aliphatic heterocycles. The van der Waals surface area contributed by atoms with Crippen LogP contribution in [0, 0.1) is 40.4 Å². The first kappa shape index (κ1) is 18.3. The lowest BCUT2D eigenvalue weighted by atomic mass is 9.42. The highest BCUT2D eigenvalue weighted by Crippen LogP contribution is 2.67. The topological polar surface area (TPSA) is 26.0 Å². The molecule has 4 rings (SSSR count). The van der Waals surface area contributed by atoms with Gasteiger partial charge in [-0.05, 0) is 98.2 Å². The lowest BCUT2D eigenvalue weighted by Crippen LogP contribution is -2.56. The van der Waals surface area contributed by atoms with E-state index in [2.05, 4.69) is 20.8 Å². The van der Waals surface area contributed by atoms with Gasteiger partial charge in [0.1, 0.15) is 0 Å². The van der Waals surface area contributed by atoms with E-state index in [1.54, 1.807) is 0 Å². The minimum atomic E-state index is 0.469. The molecule has 4 fully saturated rings. The van der Waals surface area contributed by atoms with Crippen LogP contribution >= 0.6 is 0 Å². The van der Waals surface area contributed by atoms with Crippen molar-refractivity contribution < 1.29 is 0 Å². The van der Waals surface area contributed by atoms with Gasteiger partial charge in [0.2, 0.25) is 0 Å². The van der Waals surface area contributed by atoms with Crippen LogP contribution in [0.4, 0.5) is 0 Å². The van der Waals surface area contributed by atoms with Gasteiger partial charge < -0.3 is 5.73 Å². The van der Waals surface area contributed by atoms with Crippen LogP contribution in [-0.4, -0.2) is 6.04 Å². The second kappa shape index (κ2) is 6.84. The van der Waals surface area contributed by atoms with Gasteiger partial charge >= 0.3 is 0 Å². The van der Waals surface area contributed by atoms with Gasteiger partial charge in [0.05, 0.1) is 0 Å². The zero-order chi connectivity index (χ0) is 17.7. The molecule has 0 spiro atoms. The molecule has 0 aromatic heterocycles. The Labute approximate surface area is 156 Å². The third-order valence-corrected chi connectivity index (χ3v) is 10.2. The van der Waals surface area contributed by atoms with Crippen LogP contribution in [0.25, 0.3) is 0 Å². The van der Waals surface area contributed by atoms with Crippen molar-refractivity contribution in [2.24, 2.45) is 46.2 Å². The SMILES string of the molecule is CCCCCC1CCC[C@@H]2CC[C@H]3[C@@H]4CC[C@H](N)[C@@]4(C)CC[C@@H]3[C@@]12C. The van der Waals surface area contributed by atoms with E-state index in [-0.39, 0.29) is 0 Å². The monoisotopic (exact) mass is 345 g/mol. The molecule has 1 heteroatoms. The lowest BCUT2D eigenvalue weighted by Gasteiger charge is -2.63. The Morgan fingerprint density at radius 2 is 1.72 bits per heavy atom. The Kier molecular flexibility index (Phi) is 5.02. The van der Waals surface area contributed by atoms with E-state index in [1.807, 2.05) is 0 Å². The molecule has 0 aromatic carbocycles. The highest BCUT2D eigenvalue weighted by atomic mass is 14.8. The van der Waals surface area contributed by atoms with Gasteiger partial charge in [0.15, 0.2) is 0 Å². The first-order valence-corrected chi connectivity index (χ1v) is 11.8. The summed E-state index contributed by atoms with van der Waals surface area (Å²) in [6.07, 6.45) is 19.1.